The molecule has 0 saturated carbocycles. The van der Waals surface area contributed by atoms with Crippen LogP contribution >= 0.6 is 11.8 Å². The summed E-state index contributed by atoms with van der Waals surface area (Å²) in [6.07, 6.45) is 1.70. The molecule has 0 aliphatic rings. The average molecular weight is 268 g/mol. The molecule has 1 N–H and O–H groups in total. The van der Waals surface area contributed by atoms with E-state index in [1.807, 2.05) is 18.2 Å². The molecule has 0 bridgehead atoms. The van der Waals surface area contributed by atoms with Crippen molar-refractivity contribution in [2.45, 2.75) is 12.2 Å². The molecule has 0 radical (unpaired) electrons. The van der Waals surface area contributed by atoms with Crippen LogP contribution in [-0.2, 0) is 15.3 Å². The van der Waals surface area contributed by atoms with Crippen LogP contribution in [0.2, 0.25) is 0 Å². The summed E-state index contributed by atoms with van der Waals surface area (Å²) in [4.78, 5) is 27.6. The first-order valence-corrected chi connectivity index (χ1v) is 6.68. The van der Waals surface area contributed by atoms with Crippen molar-refractivity contribution in [3.8, 4) is 0 Å². The Labute approximate surface area is 110 Å². The zero-order valence-electron chi connectivity index (χ0n) is 10.2. The quantitative estimate of drug-likeness (QED) is 0.806. The molecule has 0 aliphatic heterocycles. The lowest BCUT2D eigenvalue weighted by molar-refractivity contribution is -0.137. The van der Waals surface area contributed by atoms with Crippen LogP contribution in [0.4, 0.5) is 0 Å². The van der Waals surface area contributed by atoms with Gasteiger partial charge in [-0.25, -0.2) is 0 Å². The number of thioether (sulfide) groups is 1. The van der Waals surface area contributed by atoms with Crippen molar-refractivity contribution < 1.29 is 14.7 Å². The molecule has 1 aromatic heterocycles. The number of aromatic nitrogens is 1. The summed E-state index contributed by atoms with van der Waals surface area (Å²) < 4.78 is 0. The first kappa shape index (κ1) is 14.5. The predicted octanol–water partition coefficient (Wildman–Crippen LogP) is 1.25. The molecule has 0 atom stereocenters. The third kappa shape index (κ3) is 5.67. The van der Waals surface area contributed by atoms with E-state index >= 15 is 0 Å². The molecule has 0 unspecified atom stereocenters. The highest BCUT2D eigenvalue weighted by atomic mass is 32.2. The fourth-order valence-electron chi connectivity index (χ4n) is 1.22. The van der Waals surface area contributed by atoms with E-state index in [-0.39, 0.29) is 18.9 Å². The van der Waals surface area contributed by atoms with Crippen LogP contribution in [-0.4, -0.2) is 46.2 Å². The summed E-state index contributed by atoms with van der Waals surface area (Å²) in [6.45, 7) is 0.248. The summed E-state index contributed by atoms with van der Waals surface area (Å²) in [7, 11) is 1.62. The maximum absolute atomic E-state index is 11.6. The molecule has 0 aromatic carbocycles. The minimum absolute atomic E-state index is 0.0207. The van der Waals surface area contributed by atoms with E-state index in [9.17, 15) is 9.59 Å². The summed E-state index contributed by atoms with van der Waals surface area (Å²) in [6, 6.07) is 5.66. The van der Waals surface area contributed by atoms with Crippen LogP contribution in [0.3, 0.4) is 0 Å². The maximum atomic E-state index is 11.6. The van der Waals surface area contributed by atoms with Crippen molar-refractivity contribution in [1.82, 2.24) is 9.88 Å². The fourth-order valence-corrected chi connectivity index (χ4v) is 2.10. The molecule has 1 rings (SSSR count). The molecular weight excluding hydrogens is 252 g/mol. The second kappa shape index (κ2) is 7.71. The number of pyridine rings is 1. The number of carboxylic acid groups (broad SMARTS) is 1. The zero-order valence-corrected chi connectivity index (χ0v) is 11.0. The van der Waals surface area contributed by atoms with Crippen LogP contribution in [0.25, 0.3) is 0 Å². The number of carbonyl (C=O) groups excluding carboxylic acids is 1. The minimum atomic E-state index is -0.893. The number of carbonyl (C=O) groups is 2. The zero-order chi connectivity index (χ0) is 13.4. The van der Waals surface area contributed by atoms with Crippen molar-refractivity contribution in [2.75, 3.05) is 19.3 Å². The van der Waals surface area contributed by atoms with Crippen molar-refractivity contribution >= 4 is 23.6 Å². The third-order valence-electron chi connectivity index (χ3n) is 2.29. The molecular formula is C12H16N2O3S. The van der Waals surface area contributed by atoms with Crippen LogP contribution in [0.5, 0.6) is 0 Å². The summed E-state index contributed by atoms with van der Waals surface area (Å²) in [5, 5.41) is 8.52. The number of nitrogens with zero attached hydrogens (tertiary/aromatic N) is 2. The van der Waals surface area contributed by atoms with E-state index < -0.39 is 5.97 Å². The Bertz CT molecular complexity index is 398. The molecule has 0 saturated heterocycles. The highest BCUT2D eigenvalue weighted by Crippen LogP contribution is 2.10. The van der Waals surface area contributed by atoms with Gasteiger partial charge >= 0.3 is 5.97 Å². The number of amides is 1. The fraction of sp³-hybridized carbons (Fsp3) is 0.417. The summed E-state index contributed by atoms with van der Waals surface area (Å²) >= 11 is 1.48. The Hall–Kier alpha value is -1.56. The van der Waals surface area contributed by atoms with Gasteiger partial charge in [-0.15, -0.1) is 11.8 Å². The number of carboxylic acids is 1. The molecule has 1 amide bonds. The van der Waals surface area contributed by atoms with Gasteiger partial charge in [-0.3, -0.25) is 14.6 Å². The normalized spacial score (nSPS) is 10.1. The first-order valence-electron chi connectivity index (χ1n) is 5.53. The Morgan fingerprint density at radius 3 is 2.83 bits per heavy atom. The molecule has 5 nitrogen and oxygen atoms in total. The van der Waals surface area contributed by atoms with Gasteiger partial charge in [0.15, 0.2) is 0 Å². The molecule has 98 valence electrons. The Morgan fingerprint density at radius 1 is 1.44 bits per heavy atom. The summed E-state index contributed by atoms with van der Waals surface area (Å²) in [5.41, 5.74) is 0.934. The maximum Gasteiger partial charge on any atom is 0.305 e. The molecule has 0 aliphatic carbocycles. The van der Waals surface area contributed by atoms with Crippen molar-refractivity contribution in [3.63, 3.8) is 0 Å². The third-order valence-corrected chi connectivity index (χ3v) is 3.24. The summed E-state index contributed by atoms with van der Waals surface area (Å²) in [5.74, 6) is 0.0689. The lowest BCUT2D eigenvalue weighted by atomic mass is 10.4. The smallest absolute Gasteiger partial charge is 0.305 e. The Balaban J connectivity index is 2.22. The van der Waals surface area contributed by atoms with Gasteiger partial charge in [-0.2, -0.15) is 0 Å². The number of aliphatic carboxylic acids is 1. The van der Waals surface area contributed by atoms with E-state index in [1.54, 1.807) is 13.2 Å². The molecule has 6 heteroatoms. The number of rotatable bonds is 7. The molecule has 1 heterocycles. The van der Waals surface area contributed by atoms with E-state index in [2.05, 4.69) is 4.98 Å². The van der Waals surface area contributed by atoms with Crippen molar-refractivity contribution in [2.24, 2.45) is 0 Å². The van der Waals surface area contributed by atoms with Crippen molar-refractivity contribution in [1.29, 1.82) is 0 Å². The monoisotopic (exact) mass is 268 g/mol. The van der Waals surface area contributed by atoms with Gasteiger partial charge in [-0.1, -0.05) is 6.07 Å². The predicted molar refractivity (Wildman–Crippen MR) is 70.3 cm³/mol. The Morgan fingerprint density at radius 2 is 2.22 bits per heavy atom. The van der Waals surface area contributed by atoms with E-state index in [1.165, 1.54) is 16.7 Å². The van der Waals surface area contributed by atoms with Gasteiger partial charge in [0.25, 0.3) is 0 Å². The second-order valence-electron chi connectivity index (χ2n) is 3.77. The van der Waals surface area contributed by atoms with E-state index in [0.29, 0.717) is 11.5 Å². The molecule has 0 fully saturated rings. The highest BCUT2D eigenvalue weighted by Gasteiger charge is 2.10. The van der Waals surface area contributed by atoms with E-state index in [4.69, 9.17) is 5.11 Å². The SMILES string of the molecule is CN(CCC(=O)O)C(=O)CSCc1ccccn1. The standard InChI is InChI=1S/C12H16N2O3S/c1-14(7-5-12(16)17)11(15)9-18-8-10-4-2-3-6-13-10/h2-4,6H,5,7-9H2,1H3,(H,16,17). The second-order valence-corrected chi connectivity index (χ2v) is 4.76. The minimum Gasteiger partial charge on any atom is -0.481 e. The van der Waals surface area contributed by atoms with Gasteiger partial charge in [0.1, 0.15) is 0 Å². The lowest BCUT2D eigenvalue weighted by Gasteiger charge is -2.15. The van der Waals surface area contributed by atoms with Gasteiger partial charge in [0.2, 0.25) is 5.91 Å². The molecule has 0 spiro atoms. The largest absolute Gasteiger partial charge is 0.481 e. The average Bonchev–Trinajstić information content (AvgIpc) is 2.37. The van der Waals surface area contributed by atoms with E-state index in [0.717, 1.165) is 5.69 Å². The number of hydrogen-bond acceptors (Lipinski definition) is 4. The van der Waals surface area contributed by atoms with Crippen LogP contribution < -0.4 is 0 Å². The molecule has 18 heavy (non-hydrogen) atoms. The van der Waals surface area contributed by atoms with Crippen molar-refractivity contribution in [3.05, 3.63) is 30.1 Å². The van der Waals surface area contributed by atoms with Gasteiger partial charge in [-0.05, 0) is 12.1 Å². The highest BCUT2D eigenvalue weighted by molar-refractivity contribution is 7.99. The van der Waals surface area contributed by atoms with Gasteiger partial charge < -0.3 is 10.0 Å². The van der Waals surface area contributed by atoms with Crippen LogP contribution in [0, 0.1) is 0 Å². The first-order chi connectivity index (χ1) is 8.59. The topological polar surface area (TPSA) is 70.5 Å². The Kier molecular flexibility index (Phi) is 6.21. The van der Waals surface area contributed by atoms with Crippen LogP contribution in [0.15, 0.2) is 24.4 Å². The number of hydrogen-bond donors (Lipinski definition) is 1. The lowest BCUT2D eigenvalue weighted by Crippen LogP contribution is -2.30. The van der Waals surface area contributed by atoms with Gasteiger partial charge in [0.05, 0.1) is 17.9 Å². The molecule has 1 aromatic rings. The van der Waals surface area contributed by atoms with Gasteiger partial charge in [0, 0.05) is 25.5 Å². The van der Waals surface area contributed by atoms with Crippen LogP contribution in [0.1, 0.15) is 12.1 Å².